The van der Waals surface area contributed by atoms with Crippen molar-refractivity contribution in [3.8, 4) is 0 Å². The minimum Gasteiger partial charge on any atom is -0.452 e. The SMILES string of the molecule is C[C@@H](OC(=O)CCNC(=O)c1ccccc1)C(=O)N1c2ccccc2NC(=O)C1(C)C. The summed E-state index contributed by atoms with van der Waals surface area (Å²) in [5.74, 6) is -1.76. The fourth-order valence-electron chi connectivity index (χ4n) is 3.30. The first-order valence-corrected chi connectivity index (χ1v) is 9.99. The van der Waals surface area contributed by atoms with Gasteiger partial charge in [0.1, 0.15) is 5.54 Å². The van der Waals surface area contributed by atoms with Gasteiger partial charge in [0.05, 0.1) is 17.8 Å². The Bertz CT molecular complexity index is 1000. The molecule has 3 rings (SSSR count). The number of esters is 1. The fourth-order valence-corrected chi connectivity index (χ4v) is 3.30. The first kappa shape index (κ1) is 22.0. The minimum atomic E-state index is -1.16. The largest absolute Gasteiger partial charge is 0.452 e. The highest BCUT2D eigenvalue weighted by molar-refractivity contribution is 6.15. The van der Waals surface area contributed by atoms with Gasteiger partial charge in [-0.1, -0.05) is 30.3 Å². The van der Waals surface area contributed by atoms with Gasteiger partial charge in [-0.25, -0.2) is 0 Å². The number of benzene rings is 2. The molecule has 0 aromatic heterocycles. The molecule has 0 spiro atoms. The van der Waals surface area contributed by atoms with Gasteiger partial charge in [0.25, 0.3) is 11.8 Å². The zero-order valence-corrected chi connectivity index (χ0v) is 17.7. The van der Waals surface area contributed by atoms with Crippen LogP contribution in [-0.4, -0.2) is 41.9 Å². The van der Waals surface area contributed by atoms with Gasteiger partial charge in [-0.3, -0.25) is 24.1 Å². The third kappa shape index (κ3) is 4.74. The van der Waals surface area contributed by atoms with Crippen molar-refractivity contribution in [2.24, 2.45) is 0 Å². The number of nitrogens with one attached hydrogen (secondary N) is 2. The van der Waals surface area contributed by atoms with E-state index >= 15 is 0 Å². The molecule has 2 N–H and O–H groups in total. The number of anilines is 2. The third-order valence-corrected chi connectivity index (χ3v) is 5.03. The van der Waals surface area contributed by atoms with Crippen molar-refractivity contribution in [2.45, 2.75) is 38.8 Å². The number of carbonyl (C=O) groups is 4. The van der Waals surface area contributed by atoms with Gasteiger partial charge >= 0.3 is 5.97 Å². The van der Waals surface area contributed by atoms with Crippen LogP contribution in [0.3, 0.4) is 0 Å². The lowest BCUT2D eigenvalue weighted by Gasteiger charge is -2.42. The average Bonchev–Trinajstić information content (AvgIpc) is 2.74. The molecule has 1 heterocycles. The standard InChI is InChI=1S/C23H25N3O5/c1-15(31-19(27)13-14-24-20(28)16-9-5-4-6-10-16)21(29)26-18-12-8-7-11-17(18)25-22(30)23(26,2)3/h4-12,15H,13-14H2,1-3H3,(H,24,28)(H,25,30)/t15-/m1/s1. The molecule has 31 heavy (non-hydrogen) atoms. The van der Waals surface area contributed by atoms with E-state index in [1.807, 2.05) is 0 Å². The van der Waals surface area contributed by atoms with Crippen LogP contribution in [0.1, 0.15) is 37.6 Å². The summed E-state index contributed by atoms with van der Waals surface area (Å²) in [6.07, 6.45) is -1.19. The van der Waals surface area contributed by atoms with Crippen LogP contribution in [0.25, 0.3) is 0 Å². The zero-order chi connectivity index (χ0) is 22.6. The maximum Gasteiger partial charge on any atom is 0.308 e. The summed E-state index contributed by atoms with van der Waals surface area (Å²) < 4.78 is 5.28. The van der Waals surface area contributed by atoms with Gasteiger partial charge in [-0.15, -0.1) is 0 Å². The van der Waals surface area contributed by atoms with E-state index < -0.39 is 23.5 Å². The Kier molecular flexibility index (Phi) is 6.39. The summed E-state index contributed by atoms with van der Waals surface area (Å²) in [6.45, 7) is 4.80. The molecular formula is C23H25N3O5. The molecule has 2 aromatic rings. The van der Waals surface area contributed by atoms with E-state index in [9.17, 15) is 19.2 Å². The molecular weight excluding hydrogens is 398 g/mol. The van der Waals surface area contributed by atoms with Crippen molar-refractivity contribution in [3.05, 3.63) is 60.2 Å². The number of amides is 3. The molecule has 8 heteroatoms. The van der Waals surface area contributed by atoms with Crippen molar-refractivity contribution in [1.29, 1.82) is 0 Å². The predicted octanol–water partition coefficient (Wildman–Crippen LogP) is 2.50. The maximum absolute atomic E-state index is 13.1. The predicted molar refractivity (Wildman–Crippen MR) is 116 cm³/mol. The quantitative estimate of drug-likeness (QED) is 0.695. The minimum absolute atomic E-state index is 0.0773. The van der Waals surface area contributed by atoms with E-state index in [-0.39, 0.29) is 24.8 Å². The normalized spacial score (nSPS) is 15.3. The smallest absolute Gasteiger partial charge is 0.308 e. The Morgan fingerprint density at radius 1 is 1.06 bits per heavy atom. The third-order valence-electron chi connectivity index (χ3n) is 5.03. The van der Waals surface area contributed by atoms with Crippen molar-refractivity contribution in [2.75, 3.05) is 16.8 Å². The van der Waals surface area contributed by atoms with E-state index in [0.717, 1.165) is 0 Å². The Labute approximate surface area is 180 Å². The monoisotopic (exact) mass is 423 g/mol. The second-order valence-corrected chi connectivity index (χ2v) is 7.71. The van der Waals surface area contributed by atoms with E-state index in [0.29, 0.717) is 16.9 Å². The van der Waals surface area contributed by atoms with Gasteiger partial charge in [0.15, 0.2) is 6.10 Å². The molecule has 3 amide bonds. The molecule has 0 unspecified atom stereocenters. The second kappa shape index (κ2) is 8.99. The zero-order valence-electron chi connectivity index (χ0n) is 17.7. The molecule has 1 aliphatic rings. The first-order chi connectivity index (χ1) is 14.7. The number of carbonyl (C=O) groups excluding carboxylic acids is 4. The van der Waals surface area contributed by atoms with Crippen LogP contribution >= 0.6 is 0 Å². The van der Waals surface area contributed by atoms with Gasteiger partial charge < -0.3 is 15.4 Å². The second-order valence-electron chi connectivity index (χ2n) is 7.71. The van der Waals surface area contributed by atoms with Gasteiger partial charge in [0.2, 0.25) is 5.91 Å². The Hall–Kier alpha value is -3.68. The topological polar surface area (TPSA) is 105 Å². The molecule has 0 saturated carbocycles. The molecule has 2 aromatic carbocycles. The van der Waals surface area contributed by atoms with Crippen LogP contribution in [0.2, 0.25) is 0 Å². The summed E-state index contributed by atoms with van der Waals surface area (Å²) in [5.41, 5.74) is 0.386. The van der Waals surface area contributed by atoms with Crippen molar-refractivity contribution >= 4 is 35.1 Å². The number of para-hydroxylation sites is 2. The molecule has 1 atom stereocenters. The van der Waals surface area contributed by atoms with Gasteiger partial charge in [0, 0.05) is 12.1 Å². The number of rotatable bonds is 6. The number of hydrogen-bond donors (Lipinski definition) is 2. The van der Waals surface area contributed by atoms with E-state index in [2.05, 4.69) is 10.6 Å². The molecule has 0 saturated heterocycles. The first-order valence-electron chi connectivity index (χ1n) is 9.99. The number of fused-ring (bicyclic) bond motifs is 1. The summed E-state index contributed by atoms with van der Waals surface area (Å²) in [6, 6.07) is 15.6. The number of nitrogens with zero attached hydrogens (tertiary/aromatic N) is 1. The van der Waals surface area contributed by atoms with Crippen LogP contribution in [0.5, 0.6) is 0 Å². The highest BCUT2D eigenvalue weighted by atomic mass is 16.5. The van der Waals surface area contributed by atoms with Crippen LogP contribution in [0, 0.1) is 0 Å². The van der Waals surface area contributed by atoms with Gasteiger partial charge in [-0.2, -0.15) is 0 Å². The molecule has 8 nitrogen and oxygen atoms in total. The van der Waals surface area contributed by atoms with E-state index in [1.165, 1.54) is 11.8 Å². The molecule has 1 aliphatic heterocycles. The van der Waals surface area contributed by atoms with Crippen molar-refractivity contribution < 1.29 is 23.9 Å². The highest BCUT2D eigenvalue weighted by Gasteiger charge is 2.45. The molecule has 0 fully saturated rings. The summed E-state index contributed by atoms with van der Waals surface area (Å²) in [5, 5.41) is 5.43. The average molecular weight is 423 g/mol. The Morgan fingerprint density at radius 2 is 1.71 bits per heavy atom. The fraction of sp³-hybridized carbons (Fsp3) is 0.304. The number of ether oxygens (including phenoxy) is 1. The lowest BCUT2D eigenvalue weighted by atomic mass is 9.95. The lowest BCUT2D eigenvalue weighted by Crippen LogP contribution is -2.60. The lowest BCUT2D eigenvalue weighted by molar-refractivity contribution is -0.154. The van der Waals surface area contributed by atoms with E-state index in [1.54, 1.807) is 68.4 Å². The molecule has 0 aliphatic carbocycles. The van der Waals surface area contributed by atoms with Crippen LogP contribution in [0.4, 0.5) is 11.4 Å². The number of hydrogen-bond acceptors (Lipinski definition) is 5. The Morgan fingerprint density at radius 3 is 2.42 bits per heavy atom. The van der Waals surface area contributed by atoms with Crippen LogP contribution in [0.15, 0.2) is 54.6 Å². The van der Waals surface area contributed by atoms with Crippen LogP contribution < -0.4 is 15.5 Å². The van der Waals surface area contributed by atoms with Crippen molar-refractivity contribution in [3.63, 3.8) is 0 Å². The summed E-state index contributed by atoms with van der Waals surface area (Å²) in [4.78, 5) is 51.2. The summed E-state index contributed by atoms with van der Waals surface area (Å²) >= 11 is 0. The molecule has 0 radical (unpaired) electrons. The van der Waals surface area contributed by atoms with Crippen LogP contribution in [-0.2, 0) is 19.1 Å². The van der Waals surface area contributed by atoms with E-state index in [4.69, 9.17) is 4.74 Å². The van der Waals surface area contributed by atoms with Crippen molar-refractivity contribution in [1.82, 2.24) is 5.32 Å². The molecule has 162 valence electrons. The molecule has 0 bridgehead atoms. The maximum atomic E-state index is 13.1. The summed E-state index contributed by atoms with van der Waals surface area (Å²) in [7, 11) is 0. The van der Waals surface area contributed by atoms with Gasteiger partial charge in [-0.05, 0) is 45.0 Å². The Balaban J connectivity index is 1.60. The highest BCUT2D eigenvalue weighted by Crippen LogP contribution is 2.37.